The Balaban J connectivity index is 2.85. The Morgan fingerprint density at radius 3 is 2.11 bits per heavy atom. The van der Waals surface area contributed by atoms with Gasteiger partial charge in [0.25, 0.3) is 0 Å². The van der Waals surface area contributed by atoms with E-state index >= 15 is 0 Å². The van der Waals surface area contributed by atoms with E-state index in [9.17, 15) is 19.2 Å². The van der Waals surface area contributed by atoms with Gasteiger partial charge in [-0.2, -0.15) is 0 Å². The van der Waals surface area contributed by atoms with Gasteiger partial charge in [0, 0.05) is 12.0 Å². The zero-order chi connectivity index (χ0) is 14.4. The first-order valence-corrected chi connectivity index (χ1v) is 5.22. The molecular formula is C13H10O6. The van der Waals surface area contributed by atoms with Gasteiger partial charge >= 0.3 is 11.9 Å². The van der Waals surface area contributed by atoms with Crippen LogP contribution in [-0.4, -0.2) is 33.7 Å². The lowest BCUT2D eigenvalue weighted by molar-refractivity contribution is -0.148. The van der Waals surface area contributed by atoms with Crippen molar-refractivity contribution in [2.45, 2.75) is 6.42 Å². The molecule has 6 nitrogen and oxygen atoms in total. The van der Waals surface area contributed by atoms with Crippen LogP contribution in [0.4, 0.5) is 0 Å². The number of hydrogen-bond acceptors (Lipinski definition) is 4. The average Bonchev–Trinajstić information content (AvgIpc) is 2.38. The van der Waals surface area contributed by atoms with Crippen LogP contribution in [0.3, 0.4) is 0 Å². The van der Waals surface area contributed by atoms with E-state index in [0.29, 0.717) is 0 Å². The number of aromatic carboxylic acids is 1. The average molecular weight is 262 g/mol. The molecule has 0 aliphatic carbocycles. The van der Waals surface area contributed by atoms with Crippen LogP contribution in [0.1, 0.15) is 27.1 Å². The highest BCUT2D eigenvalue weighted by Gasteiger charge is 2.14. The van der Waals surface area contributed by atoms with E-state index in [0.717, 1.165) is 12.2 Å². The Labute approximate surface area is 108 Å². The van der Waals surface area contributed by atoms with Gasteiger partial charge in [0.15, 0.2) is 5.78 Å². The van der Waals surface area contributed by atoms with E-state index in [1.807, 2.05) is 0 Å². The molecule has 0 aliphatic rings. The van der Waals surface area contributed by atoms with Crippen molar-refractivity contribution in [2.24, 2.45) is 0 Å². The van der Waals surface area contributed by atoms with E-state index in [2.05, 4.69) is 0 Å². The van der Waals surface area contributed by atoms with Crippen molar-refractivity contribution in [1.29, 1.82) is 0 Å². The number of allylic oxidation sites excluding steroid dienone is 2. The van der Waals surface area contributed by atoms with Crippen molar-refractivity contribution in [3.63, 3.8) is 0 Å². The number of carboxylic acids is 2. The largest absolute Gasteiger partial charge is 0.478 e. The summed E-state index contributed by atoms with van der Waals surface area (Å²) in [6.07, 6.45) is 1.66. The zero-order valence-electron chi connectivity index (χ0n) is 9.70. The molecule has 0 spiro atoms. The van der Waals surface area contributed by atoms with E-state index in [1.54, 1.807) is 0 Å². The summed E-state index contributed by atoms with van der Waals surface area (Å²) in [5.74, 6) is -4.46. The van der Waals surface area contributed by atoms with Gasteiger partial charge in [-0.1, -0.05) is 24.3 Å². The molecule has 1 aromatic carbocycles. The summed E-state index contributed by atoms with van der Waals surface area (Å²) in [6.45, 7) is 0. The van der Waals surface area contributed by atoms with E-state index in [-0.39, 0.29) is 11.1 Å². The lowest BCUT2D eigenvalue weighted by Gasteiger charge is -2.01. The highest BCUT2D eigenvalue weighted by atomic mass is 16.4. The van der Waals surface area contributed by atoms with E-state index < -0.39 is 29.9 Å². The number of hydrogen-bond donors (Lipinski definition) is 2. The molecule has 0 amide bonds. The van der Waals surface area contributed by atoms with Crippen molar-refractivity contribution in [3.05, 3.63) is 47.5 Å². The molecule has 0 aromatic heterocycles. The molecule has 0 unspecified atom stereocenters. The van der Waals surface area contributed by atoms with Crippen LogP contribution < -0.4 is 0 Å². The summed E-state index contributed by atoms with van der Waals surface area (Å²) in [7, 11) is 0. The smallest absolute Gasteiger partial charge is 0.372 e. The molecule has 0 atom stereocenters. The van der Waals surface area contributed by atoms with Crippen LogP contribution in [-0.2, 0) is 9.59 Å². The van der Waals surface area contributed by atoms with Gasteiger partial charge in [0.05, 0.1) is 5.56 Å². The van der Waals surface area contributed by atoms with Crippen molar-refractivity contribution < 1.29 is 29.4 Å². The Bertz CT molecular complexity index is 570. The van der Waals surface area contributed by atoms with Gasteiger partial charge in [-0.3, -0.25) is 9.59 Å². The summed E-state index contributed by atoms with van der Waals surface area (Å²) in [6, 6.07) is 5.62. The third-order valence-corrected chi connectivity index (χ3v) is 2.23. The summed E-state index contributed by atoms with van der Waals surface area (Å²) in [5, 5.41) is 17.2. The van der Waals surface area contributed by atoms with Gasteiger partial charge in [-0.05, 0) is 12.1 Å². The number of ketones is 2. The molecule has 98 valence electrons. The standard InChI is InChI=1S/C13H10O6/c14-10(6-3-7-11(15)13(18)19)8-4-1-2-5-9(8)12(16)17/h1-6H,7H2,(H,16,17)(H,18,19). The number of rotatable bonds is 6. The molecule has 0 bridgehead atoms. The lowest BCUT2D eigenvalue weighted by Crippen LogP contribution is -2.11. The highest BCUT2D eigenvalue weighted by molar-refractivity contribution is 6.33. The van der Waals surface area contributed by atoms with Gasteiger partial charge in [0.1, 0.15) is 0 Å². The second kappa shape index (κ2) is 6.25. The Morgan fingerprint density at radius 1 is 1.00 bits per heavy atom. The normalized spacial score (nSPS) is 10.3. The van der Waals surface area contributed by atoms with Crippen molar-refractivity contribution in [1.82, 2.24) is 0 Å². The van der Waals surface area contributed by atoms with Crippen LogP contribution in [0, 0.1) is 0 Å². The monoisotopic (exact) mass is 262 g/mol. The molecule has 0 saturated carbocycles. The number of aliphatic carboxylic acids is 1. The molecular weight excluding hydrogens is 252 g/mol. The quantitative estimate of drug-likeness (QED) is 0.452. The maximum absolute atomic E-state index is 11.7. The number of carbonyl (C=O) groups excluding carboxylic acids is 2. The molecule has 6 heteroatoms. The first-order valence-electron chi connectivity index (χ1n) is 5.22. The van der Waals surface area contributed by atoms with Gasteiger partial charge < -0.3 is 10.2 Å². The number of carbonyl (C=O) groups is 4. The molecule has 0 radical (unpaired) electrons. The predicted molar refractivity (Wildman–Crippen MR) is 64.1 cm³/mol. The lowest BCUT2D eigenvalue weighted by atomic mass is 10.0. The second-order valence-corrected chi connectivity index (χ2v) is 3.55. The molecule has 1 aromatic rings. The number of Topliss-reactive ketones (excluding diaryl/α,β-unsaturated/α-hetero) is 1. The molecule has 0 aliphatic heterocycles. The maximum atomic E-state index is 11.7. The fraction of sp³-hybridized carbons (Fsp3) is 0.0769. The maximum Gasteiger partial charge on any atom is 0.372 e. The van der Waals surface area contributed by atoms with Gasteiger partial charge in [-0.15, -0.1) is 0 Å². The second-order valence-electron chi connectivity index (χ2n) is 3.55. The van der Waals surface area contributed by atoms with Crippen molar-refractivity contribution in [3.8, 4) is 0 Å². The Hall–Kier alpha value is -2.76. The summed E-state index contributed by atoms with van der Waals surface area (Å²) < 4.78 is 0. The topological polar surface area (TPSA) is 109 Å². The molecule has 1 rings (SSSR count). The van der Waals surface area contributed by atoms with Crippen LogP contribution in [0.5, 0.6) is 0 Å². The first kappa shape index (κ1) is 14.3. The fourth-order valence-corrected chi connectivity index (χ4v) is 1.33. The van der Waals surface area contributed by atoms with Crippen LogP contribution in [0.25, 0.3) is 0 Å². The minimum absolute atomic E-state index is 0.0194. The molecule has 19 heavy (non-hydrogen) atoms. The summed E-state index contributed by atoms with van der Waals surface area (Å²) in [5.41, 5.74) is -0.171. The number of benzene rings is 1. The van der Waals surface area contributed by atoms with Crippen molar-refractivity contribution in [2.75, 3.05) is 0 Å². The molecule has 2 N–H and O–H groups in total. The van der Waals surface area contributed by atoms with Crippen molar-refractivity contribution >= 4 is 23.5 Å². The zero-order valence-corrected chi connectivity index (χ0v) is 9.70. The third-order valence-electron chi connectivity index (χ3n) is 2.23. The van der Waals surface area contributed by atoms with E-state index in [1.165, 1.54) is 24.3 Å². The Morgan fingerprint density at radius 2 is 1.58 bits per heavy atom. The minimum Gasteiger partial charge on any atom is -0.478 e. The molecule has 0 saturated heterocycles. The molecule has 0 fully saturated rings. The summed E-state index contributed by atoms with van der Waals surface area (Å²) >= 11 is 0. The summed E-state index contributed by atoms with van der Waals surface area (Å²) in [4.78, 5) is 43.6. The van der Waals surface area contributed by atoms with Gasteiger partial charge in [0.2, 0.25) is 5.78 Å². The Kier molecular flexibility index (Phi) is 4.70. The van der Waals surface area contributed by atoms with Gasteiger partial charge in [-0.25, -0.2) is 9.59 Å². The van der Waals surface area contributed by atoms with Crippen LogP contribution in [0.15, 0.2) is 36.4 Å². The SMILES string of the molecule is O=C(O)C(=O)CC=CC(=O)c1ccccc1C(=O)O. The van der Waals surface area contributed by atoms with Crippen LogP contribution in [0.2, 0.25) is 0 Å². The van der Waals surface area contributed by atoms with E-state index in [4.69, 9.17) is 10.2 Å². The molecule has 0 heterocycles. The third kappa shape index (κ3) is 3.88. The fourth-order valence-electron chi connectivity index (χ4n) is 1.33. The van der Waals surface area contributed by atoms with Crippen LogP contribution >= 0.6 is 0 Å². The number of carboxylic acid groups (broad SMARTS) is 2. The minimum atomic E-state index is -1.58. The highest BCUT2D eigenvalue weighted by Crippen LogP contribution is 2.10. The first-order chi connectivity index (χ1) is 8.93. The predicted octanol–water partition coefficient (Wildman–Crippen LogP) is 1.17.